The van der Waals surface area contributed by atoms with Gasteiger partial charge in [0.15, 0.2) is 11.5 Å². The van der Waals surface area contributed by atoms with Crippen LogP contribution < -0.4 is 19.2 Å². The number of nitrogens with zero attached hydrogens (tertiary/aromatic N) is 2. The van der Waals surface area contributed by atoms with Gasteiger partial charge in [0.1, 0.15) is 6.54 Å². The number of carbonyl (C=O) groups is 1. The molecule has 8 nitrogen and oxygen atoms in total. The first-order valence-electron chi connectivity index (χ1n) is 10.6. The number of amides is 1. The number of anilines is 1. The van der Waals surface area contributed by atoms with Crippen LogP contribution in [-0.2, 0) is 14.8 Å². The summed E-state index contributed by atoms with van der Waals surface area (Å²) >= 11 is 5.97. The Kier molecular flexibility index (Phi) is 8.37. The van der Waals surface area contributed by atoms with E-state index in [1.54, 1.807) is 61.5 Å². The monoisotopic (exact) mass is 515 g/mol. The number of hydrogen-bond donors (Lipinski definition) is 1. The van der Waals surface area contributed by atoms with Gasteiger partial charge in [-0.15, -0.1) is 0 Å². The quantitative estimate of drug-likeness (QED) is 0.336. The minimum absolute atomic E-state index is 0.0656. The molecule has 1 amide bonds. The Morgan fingerprint density at radius 3 is 2.20 bits per heavy atom. The molecule has 3 aromatic carbocycles. The number of aryl methyl sites for hydroxylation is 1. The third kappa shape index (κ3) is 6.32. The van der Waals surface area contributed by atoms with Crippen LogP contribution in [0.1, 0.15) is 18.1 Å². The molecule has 0 unspecified atom stereocenters. The van der Waals surface area contributed by atoms with E-state index >= 15 is 0 Å². The Bertz CT molecular complexity index is 1320. The van der Waals surface area contributed by atoms with Gasteiger partial charge in [-0.2, -0.15) is 5.10 Å². The Morgan fingerprint density at radius 2 is 1.60 bits per heavy atom. The van der Waals surface area contributed by atoms with Crippen LogP contribution in [0.3, 0.4) is 0 Å². The van der Waals surface area contributed by atoms with Gasteiger partial charge < -0.3 is 9.47 Å². The number of methoxy groups -OCH3 is 2. The summed E-state index contributed by atoms with van der Waals surface area (Å²) in [5.74, 6) is 0.465. The zero-order valence-electron chi connectivity index (χ0n) is 19.8. The minimum Gasteiger partial charge on any atom is -0.493 e. The minimum atomic E-state index is -4.04. The number of nitrogens with one attached hydrogen (secondary N) is 1. The van der Waals surface area contributed by atoms with Crippen LogP contribution in [0.5, 0.6) is 11.5 Å². The second-order valence-electron chi connectivity index (χ2n) is 7.60. The maximum absolute atomic E-state index is 13.4. The Hall–Kier alpha value is -3.56. The summed E-state index contributed by atoms with van der Waals surface area (Å²) in [7, 11) is -0.975. The molecule has 35 heavy (non-hydrogen) atoms. The third-order valence-electron chi connectivity index (χ3n) is 5.16. The molecular formula is C25H26ClN3O5S. The number of halogens is 1. The molecule has 0 fully saturated rings. The summed E-state index contributed by atoms with van der Waals surface area (Å²) in [4.78, 5) is 12.9. The maximum Gasteiger partial charge on any atom is 0.264 e. The van der Waals surface area contributed by atoms with E-state index in [1.807, 2.05) is 6.92 Å². The highest BCUT2D eigenvalue weighted by molar-refractivity contribution is 7.92. The Labute approximate surface area is 210 Å². The molecule has 0 aliphatic heterocycles. The van der Waals surface area contributed by atoms with Crippen LogP contribution in [0.25, 0.3) is 0 Å². The lowest BCUT2D eigenvalue weighted by atomic mass is 10.1. The predicted octanol–water partition coefficient (Wildman–Crippen LogP) is 4.40. The molecular weight excluding hydrogens is 490 g/mol. The van der Waals surface area contributed by atoms with Crippen LogP contribution in [0.4, 0.5) is 5.69 Å². The molecule has 0 saturated carbocycles. The van der Waals surface area contributed by atoms with Crippen molar-refractivity contribution in [2.75, 3.05) is 25.1 Å². The number of rotatable bonds is 9. The van der Waals surface area contributed by atoms with Gasteiger partial charge in [0.2, 0.25) is 0 Å². The van der Waals surface area contributed by atoms with Gasteiger partial charge in [-0.3, -0.25) is 9.10 Å². The first-order chi connectivity index (χ1) is 16.6. The normalized spacial score (nSPS) is 11.6. The topological polar surface area (TPSA) is 97.3 Å². The summed E-state index contributed by atoms with van der Waals surface area (Å²) in [6, 6.07) is 17.8. The smallest absolute Gasteiger partial charge is 0.264 e. The molecule has 3 rings (SSSR count). The van der Waals surface area contributed by atoms with Gasteiger partial charge in [0, 0.05) is 10.6 Å². The van der Waals surface area contributed by atoms with Gasteiger partial charge in [-0.1, -0.05) is 29.3 Å². The Morgan fingerprint density at radius 1 is 0.971 bits per heavy atom. The standard InChI is InChI=1S/C25H26ClN3O5S/c1-17-5-12-22(13-6-17)35(31,32)29(21-10-8-20(26)9-11-21)16-25(30)28-27-18(2)19-7-14-23(33-3)24(15-19)34-4/h5-15H,16H2,1-4H3,(H,28,30)/b27-18-. The van der Waals surface area contributed by atoms with E-state index < -0.39 is 22.5 Å². The SMILES string of the molecule is COc1ccc(/C(C)=N\NC(=O)CN(c2ccc(Cl)cc2)S(=O)(=O)c2ccc(C)cc2)cc1OC. The fourth-order valence-corrected chi connectivity index (χ4v) is 4.74. The molecule has 0 radical (unpaired) electrons. The van der Waals surface area contributed by atoms with Crippen molar-refractivity contribution in [3.8, 4) is 11.5 Å². The largest absolute Gasteiger partial charge is 0.493 e. The highest BCUT2D eigenvalue weighted by Crippen LogP contribution is 2.28. The van der Waals surface area contributed by atoms with Crippen molar-refractivity contribution < 1.29 is 22.7 Å². The zero-order valence-corrected chi connectivity index (χ0v) is 21.4. The fourth-order valence-electron chi connectivity index (χ4n) is 3.20. The van der Waals surface area contributed by atoms with E-state index in [-0.39, 0.29) is 4.90 Å². The zero-order chi connectivity index (χ0) is 25.6. The molecule has 0 aromatic heterocycles. The van der Waals surface area contributed by atoms with Gasteiger partial charge in [-0.05, 0) is 68.4 Å². The molecule has 0 aliphatic rings. The van der Waals surface area contributed by atoms with Gasteiger partial charge in [0.25, 0.3) is 15.9 Å². The maximum atomic E-state index is 13.4. The van der Waals surface area contributed by atoms with Crippen molar-refractivity contribution in [3.63, 3.8) is 0 Å². The van der Waals surface area contributed by atoms with E-state index in [9.17, 15) is 13.2 Å². The number of hydrogen-bond acceptors (Lipinski definition) is 6. The summed E-state index contributed by atoms with van der Waals surface area (Å²) < 4.78 is 38.4. The van der Waals surface area contributed by atoms with E-state index in [4.69, 9.17) is 21.1 Å². The number of benzene rings is 3. The average molecular weight is 516 g/mol. The van der Waals surface area contributed by atoms with Crippen LogP contribution in [0.2, 0.25) is 5.02 Å². The third-order valence-corrected chi connectivity index (χ3v) is 7.20. The molecule has 10 heteroatoms. The molecule has 0 heterocycles. The summed E-state index contributed by atoms with van der Waals surface area (Å²) in [6.07, 6.45) is 0. The predicted molar refractivity (Wildman–Crippen MR) is 137 cm³/mol. The summed E-state index contributed by atoms with van der Waals surface area (Å²) in [6.45, 7) is 3.08. The van der Waals surface area contributed by atoms with Crippen LogP contribution in [0.15, 0.2) is 76.7 Å². The highest BCUT2D eigenvalue weighted by atomic mass is 35.5. The molecule has 184 valence electrons. The van der Waals surface area contributed by atoms with Crippen LogP contribution in [-0.4, -0.2) is 40.8 Å². The molecule has 1 N–H and O–H groups in total. The molecule has 0 saturated heterocycles. The van der Waals surface area contributed by atoms with Crippen molar-refractivity contribution in [3.05, 3.63) is 82.9 Å². The van der Waals surface area contributed by atoms with Crippen molar-refractivity contribution in [1.29, 1.82) is 0 Å². The lowest BCUT2D eigenvalue weighted by Gasteiger charge is -2.24. The first-order valence-corrected chi connectivity index (χ1v) is 12.4. The number of hydrazone groups is 1. The van der Waals surface area contributed by atoms with E-state index in [2.05, 4.69) is 10.5 Å². The lowest BCUT2D eigenvalue weighted by molar-refractivity contribution is -0.119. The van der Waals surface area contributed by atoms with E-state index in [1.165, 1.54) is 26.4 Å². The summed E-state index contributed by atoms with van der Waals surface area (Å²) in [5, 5.41) is 4.58. The second-order valence-corrected chi connectivity index (χ2v) is 9.90. The van der Waals surface area contributed by atoms with Crippen LogP contribution >= 0.6 is 11.6 Å². The first kappa shape index (κ1) is 26.1. The van der Waals surface area contributed by atoms with Gasteiger partial charge >= 0.3 is 0 Å². The number of sulfonamides is 1. The van der Waals surface area contributed by atoms with E-state index in [0.29, 0.717) is 33.5 Å². The van der Waals surface area contributed by atoms with Crippen molar-refractivity contribution >= 4 is 38.9 Å². The van der Waals surface area contributed by atoms with Crippen molar-refractivity contribution in [1.82, 2.24) is 5.43 Å². The average Bonchev–Trinajstić information content (AvgIpc) is 2.86. The molecule has 3 aromatic rings. The van der Waals surface area contributed by atoms with Crippen LogP contribution in [0, 0.1) is 6.92 Å². The molecule has 0 aliphatic carbocycles. The van der Waals surface area contributed by atoms with Crippen molar-refractivity contribution in [2.24, 2.45) is 5.10 Å². The lowest BCUT2D eigenvalue weighted by Crippen LogP contribution is -2.39. The Balaban J connectivity index is 1.85. The molecule has 0 atom stereocenters. The number of ether oxygens (including phenoxy) is 2. The van der Waals surface area contributed by atoms with Gasteiger partial charge in [0.05, 0.1) is 30.5 Å². The number of carbonyl (C=O) groups excluding carboxylic acids is 1. The second kappa shape index (κ2) is 11.2. The highest BCUT2D eigenvalue weighted by Gasteiger charge is 2.27. The summed E-state index contributed by atoms with van der Waals surface area (Å²) in [5.41, 5.74) is 4.85. The fraction of sp³-hybridized carbons (Fsp3) is 0.200. The molecule has 0 bridgehead atoms. The van der Waals surface area contributed by atoms with Gasteiger partial charge in [-0.25, -0.2) is 13.8 Å². The van der Waals surface area contributed by atoms with Crippen molar-refractivity contribution in [2.45, 2.75) is 18.7 Å². The molecule has 0 spiro atoms. The van der Waals surface area contributed by atoms with E-state index in [0.717, 1.165) is 9.87 Å².